The van der Waals surface area contributed by atoms with Crippen LogP contribution in [0.15, 0.2) is 53.3 Å². The Balaban J connectivity index is 2.07. The summed E-state index contributed by atoms with van der Waals surface area (Å²) < 4.78 is 42.0. The number of aliphatic hydroxyl groups excluding tert-OH is 4. The molecule has 0 fully saturated rings. The fourth-order valence-corrected chi connectivity index (χ4v) is 3.50. The van der Waals surface area contributed by atoms with Crippen molar-refractivity contribution < 1.29 is 38.4 Å². The van der Waals surface area contributed by atoms with E-state index in [1.54, 1.807) is 6.07 Å². The Morgan fingerprint density at radius 2 is 1.70 bits per heavy atom. The van der Waals surface area contributed by atoms with Gasteiger partial charge in [-0.1, -0.05) is 36.4 Å². The molecule has 4 atom stereocenters. The first-order valence-electron chi connectivity index (χ1n) is 9.78. The van der Waals surface area contributed by atoms with Crippen molar-refractivity contribution in [2.45, 2.75) is 30.5 Å². The number of fused-ring (bicyclic) bond motifs is 1. The molecule has 0 bridgehead atoms. The second-order valence-corrected chi connectivity index (χ2v) is 7.37. The molecule has 176 valence electrons. The van der Waals surface area contributed by atoms with E-state index in [-0.39, 0.29) is 28.4 Å². The van der Waals surface area contributed by atoms with E-state index in [2.05, 4.69) is 10.3 Å². The molecule has 33 heavy (non-hydrogen) atoms. The molecule has 1 heterocycles. The number of aldehydes is 1. The number of hydrogen-bond donors (Lipinski definition) is 6. The number of nitrogens with one attached hydrogen (secondary N) is 2. The maximum absolute atomic E-state index is 14.0. The van der Waals surface area contributed by atoms with Crippen LogP contribution >= 0.6 is 0 Å². The van der Waals surface area contributed by atoms with Gasteiger partial charge < -0.3 is 35.5 Å². The number of aromatic nitrogens is 1. The highest BCUT2D eigenvalue weighted by molar-refractivity contribution is 5.91. The monoisotopic (exact) mass is 466 g/mol. The summed E-state index contributed by atoms with van der Waals surface area (Å²) in [5, 5.41) is 40.5. The van der Waals surface area contributed by atoms with Crippen molar-refractivity contribution in [3.8, 4) is 11.1 Å². The molecule has 0 amide bonds. The quantitative estimate of drug-likeness (QED) is 0.275. The third kappa shape index (κ3) is 5.06. The number of pyridine rings is 1. The summed E-state index contributed by atoms with van der Waals surface area (Å²) >= 11 is 0. The molecule has 1 aromatic heterocycles. The normalized spacial score (nSPS) is 15.6. The summed E-state index contributed by atoms with van der Waals surface area (Å²) in [6.07, 6.45) is -10.1. The molecule has 0 unspecified atom stereocenters. The Morgan fingerprint density at radius 3 is 2.27 bits per heavy atom. The van der Waals surface area contributed by atoms with Gasteiger partial charge in [0.2, 0.25) is 0 Å². The van der Waals surface area contributed by atoms with Gasteiger partial charge in [0.15, 0.2) is 0 Å². The van der Waals surface area contributed by atoms with Crippen molar-refractivity contribution in [1.29, 1.82) is 0 Å². The molecule has 0 aliphatic carbocycles. The summed E-state index contributed by atoms with van der Waals surface area (Å²) in [6, 6.07) is 9.41. The molecule has 0 saturated heterocycles. The van der Waals surface area contributed by atoms with Crippen LogP contribution in [-0.2, 0) is 11.0 Å². The van der Waals surface area contributed by atoms with E-state index in [0.29, 0.717) is 0 Å². The van der Waals surface area contributed by atoms with E-state index >= 15 is 0 Å². The van der Waals surface area contributed by atoms with Gasteiger partial charge in [-0.25, -0.2) is 0 Å². The lowest BCUT2D eigenvalue weighted by molar-refractivity contribution is -0.135. The van der Waals surface area contributed by atoms with Gasteiger partial charge in [-0.2, -0.15) is 13.2 Å². The summed E-state index contributed by atoms with van der Waals surface area (Å²) in [7, 11) is 0. The van der Waals surface area contributed by atoms with Crippen LogP contribution in [-0.4, -0.2) is 62.7 Å². The van der Waals surface area contributed by atoms with Crippen molar-refractivity contribution in [3.05, 3.63) is 64.4 Å². The van der Waals surface area contributed by atoms with Crippen molar-refractivity contribution in [3.63, 3.8) is 0 Å². The highest BCUT2D eigenvalue weighted by Crippen LogP contribution is 2.39. The van der Waals surface area contributed by atoms with Crippen molar-refractivity contribution >= 4 is 22.9 Å². The van der Waals surface area contributed by atoms with Gasteiger partial charge in [-0.3, -0.25) is 4.79 Å². The number of alkyl halides is 3. The van der Waals surface area contributed by atoms with E-state index in [9.17, 15) is 38.1 Å². The largest absolute Gasteiger partial charge is 0.417 e. The van der Waals surface area contributed by atoms with Crippen LogP contribution in [0.3, 0.4) is 0 Å². The molecule has 3 rings (SSSR count). The van der Waals surface area contributed by atoms with Gasteiger partial charge in [-0.05, 0) is 17.7 Å². The van der Waals surface area contributed by atoms with Gasteiger partial charge in [0, 0.05) is 11.1 Å². The summed E-state index contributed by atoms with van der Waals surface area (Å²) in [5.41, 5.74) is -2.64. The van der Waals surface area contributed by atoms with Crippen LogP contribution in [0.5, 0.6) is 0 Å². The predicted octanol–water partition coefficient (Wildman–Crippen LogP) is 1.27. The molecule has 8 nitrogen and oxygen atoms in total. The molecule has 3 aromatic rings. The average molecular weight is 466 g/mol. The number of H-pyrrole nitrogens is 1. The third-order valence-electron chi connectivity index (χ3n) is 5.14. The first kappa shape index (κ1) is 24.4. The minimum absolute atomic E-state index is 0.0561. The van der Waals surface area contributed by atoms with Crippen molar-refractivity contribution in [1.82, 2.24) is 4.98 Å². The standard InChI is InChI=1S/C22H21F3N2O6/c23-22(24,25)18-13-7-6-12(26-15(9-28)19(31)20(32)16(30)10-29)8-14(13)27-21(33)17(18)11-4-2-1-3-5-11/h1-9,15-16,19-20,26,29-32H,10H2,(H,27,33)/t15-,16+,19+,20+/m1/s1. The van der Waals surface area contributed by atoms with Gasteiger partial charge in [0.1, 0.15) is 30.6 Å². The zero-order valence-corrected chi connectivity index (χ0v) is 17.0. The van der Waals surface area contributed by atoms with Crippen LogP contribution in [0.1, 0.15) is 5.56 Å². The van der Waals surface area contributed by atoms with Crippen LogP contribution < -0.4 is 10.9 Å². The predicted molar refractivity (Wildman–Crippen MR) is 114 cm³/mol. The lowest BCUT2D eigenvalue weighted by Gasteiger charge is -2.27. The molecule has 0 aliphatic rings. The number of benzene rings is 2. The van der Waals surface area contributed by atoms with Crippen LogP contribution in [0.4, 0.5) is 18.9 Å². The van der Waals surface area contributed by atoms with E-state index in [1.807, 2.05) is 0 Å². The maximum atomic E-state index is 14.0. The number of rotatable bonds is 8. The summed E-state index contributed by atoms with van der Waals surface area (Å²) in [5.74, 6) is 0. The van der Waals surface area contributed by atoms with Crippen molar-refractivity contribution in [2.24, 2.45) is 0 Å². The van der Waals surface area contributed by atoms with Crippen LogP contribution in [0.25, 0.3) is 22.0 Å². The topological polar surface area (TPSA) is 143 Å². The molecule has 2 aromatic carbocycles. The summed E-state index contributed by atoms with van der Waals surface area (Å²) in [6.45, 7) is -0.870. The Bertz CT molecular complexity index is 1180. The number of aromatic amines is 1. The first-order valence-corrected chi connectivity index (χ1v) is 9.78. The van der Waals surface area contributed by atoms with E-state index in [4.69, 9.17) is 5.11 Å². The fourth-order valence-electron chi connectivity index (χ4n) is 3.50. The molecule has 11 heteroatoms. The Kier molecular flexibility index (Phi) is 7.18. The molecular weight excluding hydrogens is 445 g/mol. The highest BCUT2D eigenvalue weighted by atomic mass is 19.4. The smallest absolute Gasteiger partial charge is 0.394 e. The van der Waals surface area contributed by atoms with Crippen LogP contribution in [0, 0.1) is 0 Å². The minimum atomic E-state index is -4.85. The number of aliphatic hydroxyl groups is 4. The van der Waals surface area contributed by atoms with Gasteiger partial charge in [0.25, 0.3) is 5.56 Å². The number of carbonyl (C=O) groups is 1. The molecule has 0 radical (unpaired) electrons. The molecule has 0 spiro atoms. The zero-order chi connectivity index (χ0) is 24.3. The Labute approximate surface area is 184 Å². The molecule has 0 saturated carbocycles. The number of anilines is 1. The third-order valence-corrected chi connectivity index (χ3v) is 5.14. The number of halogens is 3. The van der Waals surface area contributed by atoms with E-state index < -0.39 is 53.8 Å². The lowest BCUT2D eigenvalue weighted by atomic mass is 9.96. The van der Waals surface area contributed by atoms with Crippen molar-refractivity contribution in [2.75, 3.05) is 11.9 Å². The lowest BCUT2D eigenvalue weighted by Crippen LogP contribution is -2.49. The first-order chi connectivity index (χ1) is 15.6. The van der Waals surface area contributed by atoms with E-state index in [1.165, 1.54) is 30.3 Å². The molecule has 6 N–H and O–H groups in total. The average Bonchev–Trinajstić information content (AvgIpc) is 2.79. The SMILES string of the molecule is O=C[C@@H](Nc1ccc2c(C(F)(F)F)c(-c3ccccc3)c(=O)[nH]c2c1)[C@H](O)[C@@H](O)[C@@H](O)CO. The minimum Gasteiger partial charge on any atom is -0.394 e. The number of carbonyl (C=O) groups excluding carboxylic acids is 1. The molecular formula is C22H21F3N2O6. The maximum Gasteiger partial charge on any atom is 0.417 e. The summed E-state index contributed by atoms with van der Waals surface area (Å²) in [4.78, 5) is 26.4. The fraction of sp³-hybridized carbons (Fsp3) is 0.273. The Hall–Kier alpha value is -3.25. The second kappa shape index (κ2) is 9.71. The van der Waals surface area contributed by atoms with E-state index in [0.717, 1.165) is 12.1 Å². The highest BCUT2D eigenvalue weighted by Gasteiger charge is 2.37. The van der Waals surface area contributed by atoms with Gasteiger partial charge >= 0.3 is 6.18 Å². The van der Waals surface area contributed by atoms with Gasteiger partial charge in [-0.15, -0.1) is 0 Å². The second-order valence-electron chi connectivity index (χ2n) is 7.37. The zero-order valence-electron chi connectivity index (χ0n) is 17.0. The Morgan fingerprint density at radius 1 is 1.03 bits per heavy atom. The van der Waals surface area contributed by atoms with Gasteiger partial charge in [0.05, 0.1) is 23.3 Å². The molecule has 0 aliphatic heterocycles. The van der Waals surface area contributed by atoms with Crippen LogP contribution in [0.2, 0.25) is 0 Å². The number of hydrogen-bond acceptors (Lipinski definition) is 7.